The summed E-state index contributed by atoms with van der Waals surface area (Å²) in [6, 6.07) is 27.1. The van der Waals surface area contributed by atoms with E-state index in [0.717, 1.165) is 39.2 Å². The normalized spacial score (nSPS) is 12.4. The van der Waals surface area contributed by atoms with Gasteiger partial charge in [0.25, 0.3) is 0 Å². The van der Waals surface area contributed by atoms with Crippen LogP contribution in [0.1, 0.15) is 10.4 Å². The summed E-state index contributed by atoms with van der Waals surface area (Å²) in [6.07, 6.45) is -2.53. The fourth-order valence-corrected chi connectivity index (χ4v) is 4.08. The van der Waals surface area contributed by atoms with Crippen molar-refractivity contribution in [3.05, 3.63) is 113 Å². The number of alkyl halides is 3. The van der Waals surface area contributed by atoms with Crippen molar-refractivity contribution >= 4 is 56.8 Å². The van der Waals surface area contributed by atoms with E-state index in [1.54, 1.807) is 35.6 Å². The SMILES string of the molecule is FC(F)(F)c1ccc(N=Nc2ccc(N=Nc3ccc(N=Cc4cccs4)c4ccccc34)cc2)cc1. The number of halogens is 3. The number of benzene rings is 4. The molecule has 9 heteroatoms. The Morgan fingerprint density at radius 3 is 1.68 bits per heavy atom. The van der Waals surface area contributed by atoms with Crippen LogP contribution in [0.15, 0.2) is 128 Å². The van der Waals surface area contributed by atoms with Crippen LogP contribution in [0.3, 0.4) is 0 Å². The molecule has 37 heavy (non-hydrogen) atoms. The Morgan fingerprint density at radius 1 is 0.568 bits per heavy atom. The lowest BCUT2D eigenvalue weighted by Crippen LogP contribution is -2.03. The summed E-state index contributed by atoms with van der Waals surface area (Å²) in [5.41, 5.74) is 2.33. The minimum Gasteiger partial charge on any atom is -0.255 e. The molecule has 0 saturated heterocycles. The van der Waals surface area contributed by atoms with Crippen molar-refractivity contribution < 1.29 is 13.2 Å². The quantitative estimate of drug-likeness (QED) is 0.160. The Hall–Kier alpha value is -4.50. The summed E-state index contributed by atoms with van der Waals surface area (Å²) in [7, 11) is 0. The second-order valence-corrected chi connectivity index (χ2v) is 8.86. The van der Waals surface area contributed by atoms with Gasteiger partial charge in [-0.1, -0.05) is 30.3 Å². The lowest BCUT2D eigenvalue weighted by molar-refractivity contribution is -0.137. The zero-order valence-electron chi connectivity index (χ0n) is 19.2. The van der Waals surface area contributed by atoms with Crippen LogP contribution in [0.4, 0.5) is 41.6 Å². The minimum atomic E-state index is -4.38. The first-order valence-corrected chi connectivity index (χ1v) is 12.0. The highest BCUT2D eigenvalue weighted by Crippen LogP contribution is 2.35. The summed E-state index contributed by atoms with van der Waals surface area (Å²) in [5, 5.41) is 20.8. The molecule has 4 aromatic carbocycles. The molecule has 0 amide bonds. The Bertz CT molecular complexity index is 1590. The number of aliphatic imine (C=N–C) groups is 1. The maximum absolute atomic E-state index is 12.7. The van der Waals surface area contributed by atoms with Crippen molar-refractivity contribution in [1.29, 1.82) is 0 Å². The number of hydrogen-bond acceptors (Lipinski definition) is 6. The minimum absolute atomic E-state index is 0.326. The van der Waals surface area contributed by atoms with Crippen LogP contribution >= 0.6 is 11.3 Å². The third-order valence-corrected chi connectivity index (χ3v) is 6.16. The second-order valence-electron chi connectivity index (χ2n) is 7.88. The molecule has 0 aliphatic carbocycles. The van der Waals surface area contributed by atoms with Crippen LogP contribution in [0, 0.1) is 0 Å². The number of thiophene rings is 1. The Morgan fingerprint density at radius 2 is 1.11 bits per heavy atom. The fourth-order valence-electron chi connectivity index (χ4n) is 3.50. The summed E-state index contributed by atoms with van der Waals surface area (Å²) in [6.45, 7) is 0. The third kappa shape index (κ3) is 6.02. The third-order valence-electron chi connectivity index (χ3n) is 5.35. The highest BCUT2D eigenvalue weighted by molar-refractivity contribution is 7.11. The topological polar surface area (TPSA) is 61.8 Å². The van der Waals surface area contributed by atoms with Gasteiger partial charge in [-0.05, 0) is 72.1 Å². The summed E-state index contributed by atoms with van der Waals surface area (Å²) in [4.78, 5) is 5.72. The van der Waals surface area contributed by atoms with Crippen LogP contribution in [0.5, 0.6) is 0 Å². The highest BCUT2D eigenvalue weighted by atomic mass is 32.1. The lowest BCUT2D eigenvalue weighted by atomic mass is 10.1. The number of rotatable bonds is 6. The number of nitrogens with zero attached hydrogens (tertiary/aromatic N) is 5. The largest absolute Gasteiger partial charge is 0.416 e. The van der Waals surface area contributed by atoms with Gasteiger partial charge >= 0.3 is 6.18 Å². The van der Waals surface area contributed by atoms with Crippen LogP contribution in [-0.4, -0.2) is 6.21 Å². The molecule has 0 radical (unpaired) electrons. The van der Waals surface area contributed by atoms with Gasteiger partial charge in [0.2, 0.25) is 0 Å². The molecule has 5 nitrogen and oxygen atoms in total. The van der Waals surface area contributed by atoms with Gasteiger partial charge < -0.3 is 0 Å². The number of azo groups is 2. The van der Waals surface area contributed by atoms with Gasteiger partial charge in [0.05, 0.1) is 34.0 Å². The summed E-state index contributed by atoms with van der Waals surface area (Å²) < 4.78 is 38.0. The van der Waals surface area contributed by atoms with E-state index in [1.807, 2.05) is 60.1 Å². The maximum Gasteiger partial charge on any atom is 0.416 e. The van der Waals surface area contributed by atoms with E-state index in [4.69, 9.17) is 0 Å². The van der Waals surface area contributed by atoms with E-state index in [1.165, 1.54) is 12.1 Å². The van der Waals surface area contributed by atoms with Gasteiger partial charge in [-0.25, -0.2) is 0 Å². The molecule has 0 aliphatic heterocycles. The van der Waals surface area contributed by atoms with Crippen molar-refractivity contribution in [2.24, 2.45) is 25.4 Å². The molecule has 182 valence electrons. The maximum atomic E-state index is 12.7. The van der Waals surface area contributed by atoms with E-state index in [0.29, 0.717) is 17.1 Å². The molecule has 0 spiro atoms. The first-order valence-electron chi connectivity index (χ1n) is 11.2. The van der Waals surface area contributed by atoms with Crippen molar-refractivity contribution in [3.8, 4) is 0 Å². The van der Waals surface area contributed by atoms with E-state index in [-0.39, 0.29) is 0 Å². The molecule has 0 unspecified atom stereocenters. The Kier molecular flexibility index (Phi) is 6.96. The van der Waals surface area contributed by atoms with Gasteiger partial charge in [0.1, 0.15) is 0 Å². The van der Waals surface area contributed by atoms with Crippen LogP contribution in [-0.2, 0) is 6.18 Å². The molecule has 0 N–H and O–H groups in total. The summed E-state index contributed by atoms with van der Waals surface area (Å²) in [5.74, 6) is 0. The van der Waals surface area contributed by atoms with Crippen molar-refractivity contribution in [3.63, 3.8) is 0 Å². The standard InChI is InChI=1S/C28H18F3N5S/c29-28(30,31)19-7-9-20(10-8-19)33-34-21-11-13-22(14-12-21)35-36-27-16-15-26(24-5-1-2-6-25(24)27)32-18-23-4-3-17-37-23/h1-18H. The lowest BCUT2D eigenvalue weighted by Gasteiger charge is -2.05. The van der Waals surface area contributed by atoms with Gasteiger partial charge in [-0.15, -0.1) is 16.5 Å². The molecule has 5 rings (SSSR count). The fraction of sp³-hybridized carbons (Fsp3) is 0.0357. The van der Waals surface area contributed by atoms with Crippen LogP contribution in [0.2, 0.25) is 0 Å². The van der Waals surface area contributed by atoms with Gasteiger partial charge in [0, 0.05) is 21.9 Å². The molecule has 0 aliphatic rings. The van der Waals surface area contributed by atoms with E-state index >= 15 is 0 Å². The Balaban J connectivity index is 1.31. The molecular formula is C28H18F3N5S. The van der Waals surface area contributed by atoms with Crippen LogP contribution < -0.4 is 0 Å². The molecule has 1 heterocycles. The molecule has 0 bridgehead atoms. The average Bonchev–Trinajstić information content (AvgIpc) is 3.44. The molecule has 5 aromatic rings. The highest BCUT2D eigenvalue weighted by Gasteiger charge is 2.29. The van der Waals surface area contributed by atoms with Crippen molar-refractivity contribution in [2.45, 2.75) is 6.18 Å². The van der Waals surface area contributed by atoms with Crippen molar-refractivity contribution in [1.82, 2.24) is 0 Å². The van der Waals surface area contributed by atoms with Gasteiger partial charge in [-0.3, -0.25) is 4.99 Å². The van der Waals surface area contributed by atoms with Crippen molar-refractivity contribution in [2.75, 3.05) is 0 Å². The van der Waals surface area contributed by atoms with Gasteiger partial charge in [-0.2, -0.15) is 28.5 Å². The zero-order valence-corrected chi connectivity index (χ0v) is 20.0. The van der Waals surface area contributed by atoms with E-state index < -0.39 is 11.7 Å². The predicted octanol–water partition coefficient (Wildman–Crippen LogP) is 10.5. The smallest absolute Gasteiger partial charge is 0.255 e. The average molecular weight is 514 g/mol. The molecule has 1 aromatic heterocycles. The zero-order chi connectivity index (χ0) is 25.7. The van der Waals surface area contributed by atoms with Gasteiger partial charge in [0.15, 0.2) is 0 Å². The molecular weight excluding hydrogens is 495 g/mol. The monoisotopic (exact) mass is 513 g/mol. The predicted molar refractivity (Wildman–Crippen MR) is 142 cm³/mol. The first kappa shape index (κ1) is 24.2. The first-order chi connectivity index (χ1) is 18.0. The Labute approximate surface area is 214 Å². The number of hydrogen-bond donors (Lipinski definition) is 0. The molecule has 0 atom stereocenters. The van der Waals surface area contributed by atoms with Crippen LogP contribution in [0.25, 0.3) is 10.8 Å². The van der Waals surface area contributed by atoms with E-state index in [9.17, 15) is 13.2 Å². The number of fused-ring (bicyclic) bond motifs is 1. The van der Waals surface area contributed by atoms with E-state index in [2.05, 4.69) is 25.4 Å². The molecule has 0 fully saturated rings. The summed E-state index contributed by atoms with van der Waals surface area (Å²) >= 11 is 1.63. The molecule has 0 saturated carbocycles. The second kappa shape index (κ2) is 10.6.